The number of anilines is 1. The number of hydrogen-bond donors (Lipinski definition) is 1. The molecular weight excluding hydrogens is 623 g/mol. The van der Waals surface area contributed by atoms with Crippen LogP contribution in [0.2, 0.25) is 0 Å². The summed E-state index contributed by atoms with van der Waals surface area (Å²) in [6, 6.07) is 19.0. The Morgan fingerprint density at radius 3 is 2.38 bits per heavy atom. The number of carbonyl (C=O) groups is 2. The van der Waals surface area contributed by atoms with Crippen molar-refractivity contribution in [3.63, 3.8) is 0 Å². The van der Waals surface area contributed by atoms with Crippen LogP contribution in [0.1, 0.15) is 57.1 Å². The van der Waals surface area contributed by atoms with Crippen LogP contribution in [0.3, 0.4) is 0 Å². The van der Waals surface area contributed by atoms with Crippen molar-refractivity contribution in [3.8, 4) is 22.4 Å². The molecule has 1 spiro atoms. The SMILES string of the molecule is CC(=O)N1C2C[C@@H](C)C1CC1(C2)C(=O)N(C)c2cnc3[nH]c(-c4ccc(CN5CCC(S(C)(=O)=O)CC5)cc4)c(-c4ccccc4)c3c21. The molecule has 1 N–H and O–H groups in total. The number of aromatic nitrogens is 2. The molecule has 0 aliphatic carbocycles. The molecule has 9 nitrogen and oxygen atoms in total. The van der Waals surface area contributed by atoms with Crippen molar-refractivity contribution in [1.29, 1.82) is 0 Å². The highest BCUT2D eigenvalue weighted by atomic mass is 32.2. The zero-order valence-electron chi connectivity index (χ0n) is 28.1. The van der Waals surface area contributed by atoms with E-state index in [4.69, 9.17) is 4.98 Å². The Kier molecular flexibility index (Phi) is 7.34. The number of likely N-dealkylation sites (N-methyl/N-ethyl adjacent to an activating group) is 1. The highest BCUT2D eigenvalue weighted by Gasteiger charge is 2.61. The first-order valence-corrected chi connectivity index (χ1v) is 19.1. The molecule has 0 saturated carbocycles. The number of benzene rings is 2. The van der Waals surface area contributed by atoms with Gasteiger partial charge >= 0.3 is 0 Å². The monoisotopic (exact) mass is 665 g/mol. The summed E-state index contributed by atoms with van der Waals surface area (Å²) in [4.78, 5) is 42.0. The van der Waals surface area contributed by atoms with E-state index < -0.39 is 15.3 Å². The van der Waals surface area contributed by atoms with Gasteiger partial charge in [0.25, 0.3) is 0 Å². The number of nitrogens with one attached hydrogen (secondary N) is 1. The van der Waals surface area contributed by atoms with Crippen LogP contribution in [0.5, 0.6) is 0 Å². The lowest BCUT2D eigenvalue weighted by Crippen LogP contribution is -2.55. The summed E-state index contributed by atoms with van der Waals surface area (Å²) >= 11 is 0. The fourth-order valence-corrected chi connectivity index (χ4v) is 10.6. The molecule has 2 aromatic heterocycles. The van der Waals surface area contributed by atoms with Gasteiger partial charge < -0.3 is 14.8 Å². The Balaban J connectivity index is 1.21. The topological polar surface area (TPSA) is 107 Å². The molecule has 4 aliphatic heterocycles. The van der Waals surface area contributed by atoms with E-state index in [-0.39, 0.29) is 29.1 Å². The van der Waals surface area contributed by atoms with Crippen molar-refractivity contribution in [3.05, 3.63) is 71.9 Å². The summed E-state index contributed by atoms with van der Waals surface area (Å²) in [5.74, 6) is 0.530. The van der Waals surface area contributed by atoms with Crippen LogP contribution < -0.4 is 4.90 Å². The summed E-state index contributed by atoms with van der Waals surface area (Å²) < 4.78 is 24.0. The Morgan fingerprint density at radius 2 is 1.73 bits per heavy atom. The number of likely N-dealkylation sites (tertiary alicyclic amines) is 1. The molecule has 3 unspecified atom stereocenters. The zero-order valence-corrected chi connectivity index (χ0v) is 28.9. The standard InChI is InChI=1S/C38H43N5O4S/c1-23-18-28-19-38(20-30(23)43(28)24(2)44)34-31(41(3)37(38)45)21-39-36-33(34)32(26-8-6-5-7-9-26)35(40-36)27-12-10-25(11-13-27)22-42-16-14-29(15-17-42)48(4,46)47/h5-13,21,23,28-30H,14-20,22H2,1-4H3,(H,39,40)/t23-,28?,30?,38?/m1/s1. The third-order valence-corrected chi connectivity index (χ3v) is 13.4. The highest BCUT2D eigenvalue weighted by Crippen LogP contribution is 2.58. The number of hydrogen-bond acceptors (Lipinski definition) is 6. The predicted molar refractivity (Wildman–Crippen MR) is 188 cm³/mol. The third-order valence-electron chi connectivity index (χ3n) is 11.8. The molecule has 4 atom stereocenters. The van der Waals surface area contributed by atoms with Gasteiger partial charge in [0.15, 0.2) is 0 Å². The smallest absolute Gasteiger partial charge is 0.237 e. The van der Waals surface area contributed by atoms with E-state index in [1.54, 1.807) is 11.8 Å². The van der Waals surface area contributed by atoms with Crippen LogP contribution >= 0.6 is 0 Å². The molecule has 10 heteroatoms. The predicted octanol–water partition coefficient (Wildman–Crippen LogP) is 5.54. The van der Waals surface area contributed by atoms with Crippen molar-refractivity contribution in [2.24, 2.45) is 5.92 Å². The van der Waals surface area contributed by atoms with E-state index in [2.05, 4.69) is 58.1 Å². The quantitative estimate of drug-likeness (QED) is 0.300. The van der Waals surface area contributed by atoms with Crippen LogP contribution in [0.4, 0.5) is 5.69 Å². The average Bonchev–Trinajstić information content (AvgIpc) is 3.62. The minimum absolute atomic E-state index is 0.0241. The number of rotatable bonds is 5. The first-order chi connectivity index (χ1) is 23.0. The maximum absolute atomic E-state index is 14.4. The summed E-state index contributed by atoms with van der Waals surface area (Å²) in [5, 5.41) is 0.756. The van der Waals surface area contributed by atoms with Crippen LogP contribution in [-0.2, 0) is 31.4 Å². The molecule has 2 amide bonds. The zero-order chi connectivity index (χ0) is 33.5. The van der Waals surface area contributed by atoms with Crippen molar-refractivity contribution in [2.45, 2.75) is 75.2 Å². The molecule has 48 heavy (non-hydrogen) atoms. The lowest BCUT2D eigenvalue weighted by molar-refractivity contribution is -0.138. The summed E-state index contributed by atoms with van der Waals surface area (Å²) in [6.07, 6.45) is 6.70. The first-order valence-electron chi connectivity index (χ1n) is 17.1. The van der Waals surface area contributed by atoms with E-state index in [1.807, 2.05) is 31.4 Å². The van der Waals surface area contributed by atoms with E-state index in [1.165, 1.54) is 11.8 Å². The van der Waals surface area contributed by atoms with E-state index in [0.29, 0.717) is 31.6 Å². The van der Waals surface area contributed by atoms with Crippen molar-refractivity contribution >= 4 is 38.4 Å². The van der Waals surface area contributed by atoms with Crippen molar-refractivity contribution < 1.29 is 18.0 Å². The maximum atomic E-state index is 14.4. The highest BCUT2D eigenvalue weighted by molar-refractivity contribution is 7.91. The second kappa shape index (κ2) is 11.3. The summed E-state index contributed by atoms with van der Waals surface area (Å²) in [7, 11) is -1.13. The van der Waals surface area contributed by atoms with Gasteiger partial charge in [-0.3, -0.25) is 14.5 Å². The van der Waals surface area contributed by atoms with Crippen LogP contribution in [-0.4, -0.2) is 83.7 Å². The molecule has 4 aliphatic rings. The van der Waals surface area contributed by atoms with Gasteiger partial charge in [-0.05, 0) is 67.8 Å². The fraction of sp³-hybridized carbons (Fsp3) is 0.447. The van der Waals surface area contributed by atoms with Gasteiger partial charge in [0.2, 0.25) is 11.8 Å². The number of fused-ring (bicyclic) bond motifs is 6. The van der Waals surface area contributed by atoms with Gasteiger partial charge in [-0.15, -0.1) is 0 Å². The molecule has 3 saturated heterocycles. The number of nitrogens with zero attached hydrogens (tertiary/aromatic N) is 4. The molecule has 3 fully saturated rings. The van der Waals surface area contributed by atoms with Crippen molar-refractivity contribution in [1.82, 2.24) is 19.8 Å². The van der Waals surface area contributed by atoms with Crippen LogP contribution in [0.15, 0.2) is 60.8 Å². The lowest BCUT2D eigenvalue weighted by Gasteiger charge is -2.44. The van der Waals surface area contributed by atoms with Crippen LogP contribution in [0, 0.1) is 5.92 Å². The lowest BCUT2D eigenvalue weighted by atomic mass is 9.69. The Bertz CT molecular complexity index is 2030. The van der Waals surface area contributed by atoms with E-state index in [9.17, 15) is 18.0 Å². The number of aromatic amines is 1. The van der Waals surface area contributed by atoms with Gasteiger partial charge in [0.05, 0.1) is 28.2 Å². The first kappa shape index (κ1) is 31.3. The molecule has 2 aromatic carbocycles. The molecule has 2 bridgehead atoms. The number of amides is 2. The Morgan fingerprint density at radius 1 is 1.02 bits per heavy atom. The normalized spacial score (nSPS) is 26.2. The van der Waals surface area contributed by atoms with Crippen molar-refractivity contribution in [2.75, 3.05) is 31.3 Å². The molecule has 0 radical (unpaired) electrons. The average molecular weight is 666 g/mol. The molecule has 4 aromatic rings. The second-order valence-corrected chi connectivity index (χ2v) is 17.0. The summed E-state index contributed by atoms with van der Waals surface area (Å²) in [6.45, 7) is 6.20. The van der Waals surface area contributed by atoms with Gasteiger partial charge in [0.1, 0.15) is 15.5 Å². The number of carbonyl (C=O) groups excluding carboxylic acids is 2. The molecule has 250 valence electrons. The van der Waals surface area contributed by atoms with Crippen LogP contribution in [0.25, 0.3) is 33.4 Å². The number of H-pyrrole nitrogens is 1. The Labute approximate surface area is 282 Å². The minimum Gasteiger partial charge on any atom is -0.339 e. The molecule has 8 rings (SSSR count). The number of piperidine rings is 2. The van der Waals surface area contributed by atoms with E-state index >= 15 is 0 Å². The number of sulfone groups is 1. The minimum atomic E-state index is -3.00. The second-order valence-electron chi connectivity index (χ2n) is 14.7. The maximum Gasteiger partial charge on any atom is 0.237 e. The molecular formula is C38H43N5O4S. The van der Waals surface area contributed by atoms with Gasteiger partial charge in [-0.1, -0.05) is 61.5 Å². The Hall–Kier alpha value is -4.02. The summed E-state index contributed by atoms with van der Waals surface area (Å²) in [5.41, 5.74) is 7.21. The number of pyridine rings is 1. The third kappa shape index (κ3) is 4.82. The van der Waals surface area contributed by atoms with Gasteiger partial charge in [0, 0.05) is 55.4 Å². The molecule has 6 heterocycles. The van der Waals surface area contributed by atoms with Gasteiger partial charge in [-0.25, -0.2) is 13.4 Å². The van der Waals surface area contributed by atoms with E-state index in [0.717, 1.165) is 70.7 Å². The fourth-order valence-electron chi connectivity index (χ4n) is 9.50. The largest absolute Gasteiger partial charge is 0.339 e. The van der Waals surface area contributed by atoms with Gasteiger partial charge in [-0.2, -0.15) is 0 Å².